The number of nitrogens with one attached hydrogen (secondary N) is 4. The fourth-order valence-corrected chi connectivity index (χ4v) is 3.56. The number of hydrogen-bond donors (Lipinski definition) is 5. The molecule has 1 aromatic heterocycles. The molecule has 8 heteroatoms. The number of benzene rings is 1. The molecular weight excluding hydrogens is 380 g/mol. The van der Waals surface area contributed by atoms with Crippen LogP contribution in [0.2, 0.25) is 0 Å². The minimum absolute atomic E-state index is 0.0507. The Labute approximate surface area is 177 Å². The Bertz CT molecular complexity index is 886. The quantitative estimate of drug-likeness (QED) is 0.268. The summed E-state index contributed by atoms with van der Waals surface area (Å²) < 4.78 is 1.89. The number of anilines is 3. The van der Waals surface area contributed by atoms with Gasteiger partial charge in [0.2, 0.25) is 0 Å². The summed E-state index contributed by atoms with van der Waals surface area (Å²) in [7, 11) is 5.56. The summed E-state index contributed by atoms with van der Waals surface area (Å²) in [6.45, 7) is 2.70. The Balaban J connectivity index is 2.06. The van der Waals surface area contributed by atoms with Gasteiger partial charge in [-0.3, -0.25) is 0 Å². The molecule has 0 aliphatic carbocycles. The van der Waals surface area contributed by atoms with E-state index in [2.05, 4.69) is 28.0 Å². The van der Waals surface area contributed by atoms with Crippen molar-refractivity contribution < 1.29 is 9.90 Å². The van der Waals surface area contributed by atoms with Crippen molar-refractivity contribution in [3.63, 3.8) is 0 Å². The molecule has 162 valence electrons. The number of hydrogen-bond acceptors (Lipinski definition) is 6. The van der Waals surface area contributed by atoms with Gasteiger partial charge in [-0.1, -0.05) is 37.3 Å². The van der Waals surface area contributed by atoms with Crippen LogP contribution in [0.25, 0.3) is 0 Å². The lowest BCUT2D eigenvalue weighted by atomic mass is 9.89. The van der Waals surface area contributed by atoms with E-state index < -0.39 is 5.97 Å². The first-order chi connectivity index (χ1) is 14.4. The minimum Gasteiger partial charge on any atom is -0.478 e. The van der Waals surface area contributed by atoms with E-state index in [4.69, 9.17) is 10.5 Å². The van der Waals surface area contributed by atoms with Crippen molar-refractivity contribution in [1.29, 1.82) is 5.41 Å². The largest absolute Gasteiger partial charge is 0.478 e. The Hall–Kier alpha value is -3.29. The van der Waals surface area contributed by atoms with E-state index in [-0.39, 0.29) is 5.92 Å². The molecule has 0 unspecified atom stereocenters. The number of aromatic nitrogens is 2. The number of aliphatic carboxylic acids is 1. The second-order valence-corrected chi connectivity index (χ2v) is 6.97. The summed E-state index contributed by atoms with van der Waals surface area (Å²) in [4.78, 5) is 10.6. The molecule has 0 bridgehead atoms. The van der Waals surface area contributed by atoms with Crippen LogP contribution in [0.1, 0.15) is 36.8 Å². The summed E-state index contributed by atoms with van der Waals surface area (Å²) in [5.74, 6) is 0.776. The van der Waals surface area contributed by atoms with E-state index in [0.717, 1.165) is 40.9 Å². The van der Waals surface area contributed by atoms with Crippen LogP contribution in [-0.2, 0) is 17.8 Å². The molecule has 0 saturated carbocycles. The van der Waals surface area contributed by atoms with Crippen LogP contribution in [0.3, 0.4) is 0 Å². The van der Waals surface area contributed by atoms with E-state index in [1.807, 2.05) is 50.1 Å². The Morgan fingerprint density at radius 3 is 2.43 bits per heavy atom. The summed E-state index contributed by atoms with van der Waals surface area (Å²) >= 11 is 0. The molecule has 0 aliphatic heterocycles. The fourth-order valence-electron chi connectivity index (χ4n) is 3.56. The van der Waals surface area contributed by atoms with Crippen molar-refractivity contribution in [2.45, 2.75) is 38.6 Å². The highest BCUT2D eigenvalue weighted by Gasteiger charge is 2.18. The lowest BCUT2D eigenvalue weighted by Crippen LogP contribution is -2.15. The van der Waals surface area contributed by atoms with Crippen molar-refractivity contribution in [2.75, 3.05) is 37.1 Å². The van der Waals surface area contributed by atoms with Gasteiger partial charge < -0.3 is 26.5 Å². The van der Waals surface area contributed by atoms with Crippen molar-refractivity contribution in [2.24, 2.45) is 0 Å². The van der Waals surface area contributed by atoms with Gasteiger partial charge in [0.25, 0.3) is 0 Å². The zero-order chi connectivity index (χ0) is 22.1. The van der Waals surface area contributed by atoms with Crippen LogP contribution in [0, 0.1) is 5.41 Å². The second kappa shape index (κ2) is 11.0. The van der Waals surface area contributed by atoms with Gasteiger partial charge in [-0.25, -0.2) is 9.48 Å². The summed E-state index contributed by atoms with van der Waals surface area (Å²) in [5, 5.41) is 31.4. The number of carboxylic acids is 1. The Morgan fingerprint density at radius 2 is 1.90 bits per heavy atom. The molecule has 2 aromatic rings. The van der Waals surface area contributed by atoms with Crippen LogP contribution >= 0.6 is 0 Å². The van der Waals surface area contributed by atoms with E-state index >= 15 is 0 Å². The zero-order valence-electron chi connectivity index (χ0n) is 18.1. The topological polar surface area (TPSA) is 115 Å². The molecular formula is C22H32N6O2. The molecule has 0 saturated heterocycles. The van der Waals surface area contributed by atoms with Gasteiger partial charge in [-0.2, -0.15) is 5.10 Å². The van der Waals surface area contributed by atoms with Crippen molar-refractivity contribution >= 4 is 29.0 Å². The van der Waals surface area contributed by atoms with Crippen LogP contribution in [0.4, 0.5) is 17.3 Å². The third-order valence-electron chi connectivity index (χ3n) is 5.09. The van der Waals surface area contributed by atoms with Gasteiger partial charge in [0.1, 0.15) is 11.5 Å². The van der Waals surface area contributed by atoms with E-state index in [0.29, 0.717) is 25.1 Å². The second-order valence-electron chi connectivity index (χ2n) is 6.97. The molecule has 5 N–H and O–H groups in total. The number of aryl methyl sites for hydroxylation is 1. The van der Waals surface area contributed by atoms with Crippen LogP contribution in [0.5, 0.6) is 0 Å². The van der Waals surface area contributed by atoms with Gasteiger partial charge in [0.05, 0.1) is 0 Å². The van der Waals surface area contributed by atoms with Crippen LogP contribution in [-0.4, -0.2) is 47.7 Å². The maximum absolute atomic E-state index is 10.6. The number of carbonyl (C=O) groups is 1. The maximum atomic E-state index is 10.6. The van der Waals surface area contributed by atoms with Crippen LogP contribution in [0.15, 0.2) is 36.4 Å². The van der Waals surface area contributed by atoms with E-state index in [9.17, 15) is 4.79 Å². The third kappa shape index (κ3) is 5.62. The summed E-state index contributed by atoms with van der Waals surface area (Å²) in [5.41, 5.74) is 3.73. The molecule has 0 fully saturated rings. The average Bonchev–Trinajstić information content (AvgIpc) is 3.10. The molecule has 0 spiro atoms. The third-order valence-corrected chi connectivity index (χ3v) is 5.09. The predicted octanol–water partition coefficient (Wildman–Crippen LogP) is 3.80. The Kier molecular flexibility index (Phi) is 8.46. The monoisotopic (exact) mass is 412 g/mol. The van der Waals surface area contributed by atoms with Gasteiger partial charge in [0.15, 0.2) is 5.82 Å². The van der Waals surface area contributed by atoms with Gasteiger partial charge in [-0.15, -0.1) is 0 Å². The standard InChI is InChI=1S/C22H32N6O2/c1-5-17(16-11-9-15(10-12-16)7-6-8-19(29)30)18(23)13-14-28-22(26-4)20(24-2)21(25-3)27-28/h6,8-12,17,23-24,26H,5,7,13-14H2,1-4H3,(H,25,27)(H,29,30)/b8-6+,23-18?/t17-/m0/s1. The molecule has 0 aliphatic rings. The zero-order valence-corrected chi connectivity index (χ0v) is 18.1. The first-order valence-corrected chi connectivity index (χ1v) is 10.1. The number of nitrogens with zero attached hydrogens (tertiary/aromatic N) is 2. The SMILES string of the molecule is CC[C@H](C(=N)CCn1nc(NC)c(NC)c1NC)c1ccc(C/C=C/C(=O)O)cc1. The minimum atomic E-state index is -0.937. The van der Waals surface area contributed by atoms with E-state index in [1.54, 1.807) is 6.08 Å². The molecule has 0 amide bonds. The predicted molar refractivity (Wildman–Crippen MR) is 123 cm³/mol. The smallest absolute Gasteiger partial charge is 0.327 e. The van der Waals surface area contributed by atoms with Crippen molar-refractivity contribution in [1.82, 2.24) is 9.78 Å². The number of rotatable bonds is 12. The number of carboxylic acid groups (broad SMARTS) is 1. The molecule has 30 heavy (non-hydrogen) atoms. The molecule has 1 aromatic carbocycles. The van der Waals surface area contributed by atoms with Crippen LogP contribution < -0.4 is 16.0 Å². The maximum Gasteiger partial charge on any atom is 0.327 e. The fraction of sp³-hybridized carbons (Fsp3) is 0.409. The van der Waals surface area contributed by atoms with Crippen molar-refractivity contribution in [3.05, 3.63) is 47.5 Å². The van der Waals surface area contributed by atoms with Gasteiger partial charge >= 0.3 is 5.97 Å². The molecule has 1 atom stereocenters. The summed E-state index contributed by atoms with van der Waals surface area (Å²) in [6, 6.07) is 8.08. The highest BCUT2D eigenvalue weighted by atomic mass is 16.4. The highest BCUT2D eigenvalue weighted by Crippen LogP contribution is 2.30. The van der Waals surface area contributed by atoms with Gasteiger partial charge in [-0.05, 0) is 24.0 Å². The average molecular weight is 413 g/mol. The van der Waals surface area contributed by atoms with Gasteiger partial charge in [0, 0.05) is 51.8 Å². The summed E-state index contributed by atoms with van der Waals surface area (Å²) in [6.07, 6.45) is 4.82. The first-order valence-electron chi connectivity index (χ1n) is 10.1. The van der Waals surface area contributed by atoms with Crippen molar-refractivity contribution in [3.8, 4) is 0 Å². The van der Waals surface area contributed by atoms with E-state index in [1.165, 1.54) is 0 Å². The molecule has 1 heterocycles. The molecule has 8 nitrogen and oxygen atoms in total. The lowest BCUT2D eigenvalue weighted by molar-refractivity contribution is -0.131. The normalized spacial score (nSPS) is 12.0. The molecule has 2 rings (SSSR count). The Morgan fingerprint density at radius 1 is 1.20 bits per heavy atom. The molecule has 0 radical (unpaired) electrons. The lowest BCUT2D eigenvalue weighted by Gasteiger charge is -2.18. The highest BCUT2D eigenvalue weighted by molar-refractivity contribution is 5.88. The number of allylic oxidation sites excluding steroid dienone is 1. The first kappa shape index (κ1) is 23.0.